The van der Waals surface area contributed by atoms with E-state index >= 15 is 0 Å². The highest BCUT2D eigenvalue weighted by Gasteiger charge is 2.35. The van der Waals surface area contributed by atoms with E-state index in [9.17, 15) is 4.79 Å². The van der Waals surface area contributed by atoms with E-state index in [0.29, 0.717) is 30.3 Å². The largest absolute Gasteiger partial charge is 0.497 e. The van der Waals surface area contributed by atoms with Crippen molar-refractivity contribution in [3.8, 4) is 23.0 Å². The summed E-state index contributed by atoms with van der Waals surface area (Å²) < 4.78 is 22.8. The maximum atomic E-state index is 13.2. The van der Waals surface area contributed by atoms with Gasteiger partial charge in [-0.05, 0) is 66.4 Å². The third kappa shape index (κ3) is 4.24. The van der Waals surface area contributed by atoms with Crippen molar-refractivity contribution < 1.29 is 23.7 Å². The molecule has 2 aliphatic heterocycles. The fraction of sp³-hybridized carbons (Fsp3) is 0.250. The molecule has 0 fully saturated rings. The Hall–Kier alpha value is -3.77. The number of ether oxygens (including phenoxy) is 4. The normalized spacial score (nSPS) is 16.0. The smallest absolute Gasteiger partial charge is 0.232 e. The van der Waals surface area contributed by atoms with Crippen LogP contribution in [0.2, 0.25) is 0 Å². The molecule has 0 spiro atoms. The molecule has 0 aromatic heterocycles. The molecular formula is C28H27NO5. The lowest BCUT2D eigenvalue weighted by Gasteiger charge is -2.30. The Bertz CT molecular complexity index is 1260. The molecule has 0 bridgehead atoms. The van der Waals surface area contributed by atoms with E-state index in [1.807, 2.05) is 49.4 Å². The van der Waals surface area contributed by atoms with Crippen molar-refractivity contribution in [2.24, 2.45) is 0 Å². The van der Waals surface area contributed by atoms with Gasteiger partial charge in [-0.3, -0.25) is 9.69 Å². The van der Waals surface area contributed by atoms with E-state index in [1.165, 1.54) is 5.56 Å². The van der Waals surface area contributed by atoms with E-state index in [2.05, 4.69) is 17.0 Å². The van der Waals surface area contributed by atoms with E-state index in [1.54, 1.807) is 20.3 Å². The van der Waals surface area contributed by atoms with Crippen LogP contribution in [0, 0.1) is 6.92 Å². The molecule has 6 nitrogen and oxygen atoms in total. The third-order valence-corrected chi connectivity index (χ3v) is 6.26. The molecule has 5 rings (SSSR count). The van der Waals surface area contributed by atoms with Crippen molar-refractivity contribution in [2.45, 2.75) is 19.9 Å². The molecule has 0 amide bonds. The Balaban J connectivity index is 1.37. The Kier molecular flexibility index (Phi) is 5.99. The maximum Gasteiger partial charge on any atom is 0.232 e. The van der Waals surface area contributed by atoms with Crippen molar-refractivity contribution >= 4 is 11.9 Å². The fourth-order valence-corrected chi connectivity index (χ4v) is 4.38. The highest BCUT2D eigenvalue weighted by Crippen LogP contribution is 2.44. The lowest BCUT2D eigenvalue weighted by molar-refractivity contribution is 0.0949. The summed E-state index contributed by atoms with van der Waals surface area (Å²) in [6.45, 7) is 3.92. The molecule has 3 aromatic rings. The highest BCUT2D eigenvalue weighted by atomic mass is 16.5. The van der Waals surface area contributed by atoms with Gasteiger partial charge in [-0.15, -0.1) is 0 Å². The van der Waals surface area contributed by atoms with Gasteiger partial charge in [-0.2, -0.15) is 0 Å². The number of hydrogen-bond donors (Lipinski definition) is 0. The quantitative estimate of drug-likeness (QED) is 0.485. The second-order valence-electron chi connectivity index (χ2n) is 8.51. The van der Waals surface area contributed by atoms with Crippen LogP contribution in [0.5, 0.6) is 23.0 Å². The van der Waals surface area contributed by atoms with Gasteiger partial charge in [0.25, 0.3) is 0 Å². The van der Waals surface area contributed by atoms with Crippen LogP contribution in [-0.4, -0.2) is 38.2 Å². The third-order valence-electron chi connectivity index (χ3n) is 6.26. The summed E-state index contributed by atoms with van der Waals surface area (Å²) in [4.78, 5) is 15.4. The Morgan fingerprint density at radius 1 is 1.03 bits per heavy atom. The van der Waals surface area contributed by atoms with Crippen LogP contribution in [0.25, 0.3) is 6.08 Å². The van der Waals surface area contributed by atoms with Gasteiger partial charge in [0.15, 0.2) is 5.76 Å². The standard InChI is InChI=1S/C28H27NO5/c1-18-13-24-23(16-29(17-33-24)12-11-19-7-9-21(31-2)10-8-19)28-26(18)27(30)25(34-28)15-20-5-4-6-22(14-20)32-3/h4-10,13-15H,11-12,16-17H2,1-3H3/b25-15+. The minimum absolute atomic E-state index is 0.103. The molecule has 0 aliphatic carbocycles. The first-order chi connectivity index (χ1) is 16.6. The average Bonchev–Trinajstić information content (AvgIpc) is 3.20. The monoisotopic (exact) mass is 457 g/mol. The van der Waals surface area contributed by atoms with Crippen LogP contribution >= 0.6 is 0 Å². The maximum absolute atomic E-state index is 13.2. The minimum Gasteiger partial charge on any atom is -0.497 e. The van der Waals surface area contributed by atoms with Crippen LogP contribution in [-0.2, 0) is 13.0 Å². The number of ketones is 1. The Morgan fingerprint density at radius 2 is 1.82 bits per heavy atom. The molecule has 2 aliphatic rings. The first-order valence-electron chi connectivity index (χ1n) is 11.3. The summed E-state index contributed by atoms with van der Waals surface area (Å²) in [5.41, 5.74) is 4.48. The lowest BCUT2D eigenvalue weighted by atomic mass is 9.98. The predicted molar refractivity (Wildman–Crippen MR) is 130 cm³/mol. The number of carbonyl (C=O) groups excluding carboxylic acids is 1. The first kappa shape index (κ1) is 22.0. The summed E-state index contributed by atoms with van der Waals surface area (Å²) in [5, 5.41) is 0. The molecular weight excluding hydrogens is 430 g/mol. The van der Waals surface area contributed by atoms with E-state index in [0.717, 1.165) is 46.9 Å². The number of fused-ring (bicyclic) bond motifs is 3. The molecule has 0 N–H and O–H groups in total. The molecule has 0 atom stereocenters. The van der Waals surface area contributed by atoms with Crippen LogP contribution < -0.4 is 18.9 Å². The second-order valence-corrected chi connectivity index (χ2v) is 8.51. The molecule has 0 saturated heterocycles. The molecule has 0 saturated carbocycles. The Labute approximate surface area is 199 Å². The number of benzene rings is 3. The number of nitrogens with zero attached hydrogens (tertiary/aromatic N) is 1. The fourth-order valence-electron chi connectivity index (χ4n) is 4.38. The topological polar surface area (TPSA) is 57.2 Å². The van der Waals surface area contributed by atoms with Gasteiger partial charge in [-0.25, -0.2) is 0 Å². The van der Waals surface area contributed by atoms with E-state index in [-0.39, 0.29) is 5.78 Å². The van der Waals surface area contributed by atoms with Gasteiger partial charge in [0, 0.05) is 13.1 Å². The molecule has 34 heavy (non-hydrogen) atoms. The number of rotatable bonds is 6. The average molecular weight is 458 g/mol. The van der Waals surface area contributed by atoms with Crippen LogP contribution in [0.3, 0.4) is 0 Å². The number of methoxy groups -OCH3 is 2. The molecule has 0 unspecified atom stereocenters. The highest BCUT2D eigenvalue weighted by molar-refractivity contribution is 6.15. The van der Waals surface area contributed by atoms with Gasteiger partial charge < -0.3 is 18.9 Å². The number of aryl methyl sites for hydroxylation is 1. The summed E-state index contributed by atoms with van der Waals surface area (Å²) in [6.07, 6.45) is 2.65. The van der Waals surface area contributed by atoms with Crippen molar-refractivity contribution in [1.82, 2.24) is 4.90 Å². The molecule has 3 aromatic carbocycles. The summed E-state index contributed by atoms with van der Waals surface area (Å²) >= 11 is 0. The van der Waals surface area contributed by atoms with Crippen LogP contribution in [0.1, 0.15) is 32.6 Å². The van der Waals surface area contributed by atoms with Crippen LogP contribution in [0.4, 0.5) is 0 Å². The van der Waals surface area contributed by atoms with Crippen molar-refractivity contribution in [2.75, 3.05) is 27.5 Å². The molecule has 0 radical (unpaired) electrons. The number of Topliss-reactive ketones (excluding diaryl/α,β-unsaturated/α-hetero) is 1. The Morgan fingerprint density at radius 3 is 2.59 bits per heavy atom. The van der Waals surface area contributed by atoms with Gasteiger partial charge in [0.2, 0.25) is 5.78 Å². The zero-order valence-corrected chi connectivity index (χ0v) is 19.6. The van der Waals surface area contributed by atoms with Crippen molar-refractivity contribution in [1.29, 1.82) is 0 Å². The van der Waals surface area contributed by atoms with Gasteiger partial charge >= 0.3 is 0 Å². The molecule has 174 valence electrons. The first-order valence-corrected chi connectivity index (χ1v) is 11.3. The second kappa shape index (κ2) is 9.23. The van der Waals surface area contributed by atoms with Gasteiger partial charge in [-0.1, -0.05) is 24.3 Å². The zero-order chi connectivity index (χ0) is 23.7. The number of hydrogen-bond acceptors (Lipinski definition) is 6. The number of allylic oxidation sites excluding steroid dienone is 1. The SMILES string of the molecule is COc1ccc(CCN2COc3cc(C)c4c(c3C2)O/C(=C/c2cccc(OC)c2)C4=O)cc1. The van der Waals surface area contributed by atoms with Crippen molar-refractivity contribution in [3.63, 3.8) is 0 Å². The van der Waals surface area contributed by atoms with E-state index < -0.39 is 0 Å². The summed E-state index contributed by atoms with van der Waals surface area (Å²) in [7, 11) is 3.29. The molecule has 6 heteroatoms. The minimum atomic E-state index is -0.103. The van der Waals surface area contributed by atoms with Crippen molar-refractivity contribution in [3.05, 3.63) is 88.2 Å². The summed E-state index contributed by atoms with van der Waals surface area (Å²) in [5.74, 6) is 3.19. The number of carbonyl (C=O) groups is 1. The lowest BCUT2D eigenvalue weighted by Crippen LogP contribution is -2.33. The van der Waals surface area contributed by atoms with Gasteiger partial charge in [0.05, 0.1) is 25.3 Å². The predicted octanol–water partition coefficient (Wildman–Crippen LogP) is 5.02. The summed E-state index contributed by atoms with van der Waals surface area (Å²) in [6, 6.07) is 17.6. The zero-order valence-electron chi connectivity index (χ0n) is 19.6. The molecule has 2 heterocycles. The van der Waals surface area contributed by atoms with E-state index in [4.69, 9.17) is 18.9 Å². The van der Waals surface area contributed by atoms with Gasteiger partial charge in [0.1, 0.15) is 29.7 Å². The van der Waals surface area contributed by atoms with Crippen LogP contribution in [0.15, 0.2) is 60.4 Å².